The Balaban J connectivity index is 1.21. The minimum absolute atomic E-state index is 0.207. The number of aliphatic hydroxyl groups excluding tert-OH is 1. The van der Waals surface area contributed by atoms with Crippen molar-refractivity contribution in [3.63, 3.8) is 0 Å². The van der Waals surface area contributed by atoms with Gasteiger partial charge in [0.15, 0.2) is 0 Å². The van der Waals surface area contributed by atoms with Crippen LogP contribution in [0.5, 0.6) is 0 Å². The van der Waals surface area contributed by atoms with Crippen LogP contribution in [0, 0.1) is 0 Å². The first-order valence-corrected chi connectivity index (χ1v) is 12.0. The van der Waals surface area contributed by atoms with Crippen molar-refractivity contribution in [2.75, 3.05) is 24.5 Å². The van der Waals surface area contributed by atoms with Crippen LogP contribution < -0.4 is 4.90 Å². The summed E-state index contributed by atoms with van der Waals surface area (Å²) in [5.74, 6) is 1.80. The van der Waals surface area contributed by atoms with Crippen LogP contribution in [0.4, 0.5) is 5.82 Å². The fourth-order valence-corrected chi connectivity index (χ4v) is 5.48. The van der Waals surface area contributed by atoms with E-state index in [-0.39, 0.29) is 12.1 Å². The summed E-state index contributed by atoms with van der Waals surface area (Å²) in [5, 5.41) is 12.0. The van der Waals surface area contributed by atoms with Gasteiger partial charge >= 0.3 is 0 Å². The fraction of sp³-hybridized carbons (Fsp3) is 0.360. The molecule has 5 nitrogen and oxygen atoms in total. The second-order valence-electron chi connectivity index (χ2n) is 8.35. The van der Waals surface area contributed by atoms with E-state index in [4.69, 9.17) is 0 Å². The maximum atomic E-state index is 11.0. The molecular weight excluding hydrogens is 404 g/mol. The lowest BCUT2D eigenvalue weighted by atomic mass is 9.94. The van der Waals surface area contributed by atoms with Gasteiger partial charge in [0.25, 0.3) is 0 Å². The van der Waals surface area contributed by atoms with Crippen LogP contribution in [0.15, 0.2) is 72.0 Å². The highest BCUT2D eigenvalue weighted by Crippen LogP contribution is 2.28. The van der Waals surface area contributed by atoms with Gasteiger partial charge in [-0.05, 0) is 29.5 Å². The first kappa shape index (κ1) is 20.5. The number of benzene rings is 2. The Morgan fingerprint density at radius 2 is 1.77 bits per heavy atom. The van der Waals surface area contributed by atoms with E-state index in [1.807, 2.05) is 6.07 Å². The molecule has 31 heavy (non-hydrogen) atoms. The molecule has 2 aromatic carbocycles. The molecule has 2 aliphatic rings. The number of rotatable bonds is 5. The highest BCUT2D eigenvalue weighted by Gasteiger charge is 2.34. The molecule has 0 bridgehead atoms. The smallest absolute Gasteiger partial charge is 0.133 e. The Bertz CT molecular complexity index is 1020. The van der Waals surface area contributed by atoms with Crippen molar-refractivity contribution in [1.82, 2.24) is 14.9 Å². The average molecular weight is 433 g/mol. The molecule has 6 heteroatoms. The van der Waals surface area contributed by atoms with Crippen LogP contribution in [0.1, 0.15) is 23.1 Å². The summed E-state index contributed by atoms with van der Waals surface area (Å²) in [5.41, 5.74) is 4.14. The minimum Gasteiger partial charge on any atom is -0.390 e. The van der Waals surface area contributed by atoms with Gasteiger partial charge in [0.2, 0.25) is 0 Å². The Labute approximate surface area is 188 Å². The molecule has 1 unspecified atom stereocenters. The Morgan fingerprint density at radius 1 is 0.968 bits per heavy atom. The molecule has 3 heterocycles. The number of nitrogens with zero attached hydrogens (tertiary/aromatic N) is 4. The monoisotopic (exact) mass is 432 g/mol. The summed E-state index contributed by atoms with van der Waals surface area (Å²) in [6.07, 6.45) is 3.27. The zero-order valence-electron chi connectivity index (χ0n) is 17.6. The topological polar surface area (TPSA) is 52.5 Å². The van der Waals surface area contributed by atoms with Crippen molar-refractivity contribution in [2.45, 2.75) is 42.3 Å². The van der Waals surface area contributed by atoms with Crippen molar-refractivity contribution in [1.29, 1.82) is 0 Å². The fourth-order valence-electron chi connectivity index (χ4n) is 4.67. The van der Waals surface area contributed by atoms with Crippen molar-refractivity contribution in [2.24, 2.45) is 0 Å². The highest BCUT2D eigenvalue weighted by molar-refractivity contribution is 7.98. The minimum atomic E-state index is -0.380. The highest BCUT2D eigenvalue weighted by atomic mass is 32.2. The van der Waals surface area contributed by atoms with Crippen LogP contribution >= 0.6 is 11.8 Å². The number of hydrogen-bond acceptors (Lipinski definition) is 6. The van der Waals surface area contributed by atoms with Crippen LogP contribution in [-0.2, 0) is 18.7 Å². The van der Waals surface area contributed by atoms with Gasteiger partial charge in [0.05, 0.1) is 6.10 Å². The molecule has 1 aromatic heterocycles. The van der Waals surface area contributed by atoms with Gasteiger partial charge in [-0.1, -0.05) is 54.6 Å². The number of piperidine rings is 1. The molecule has 0 saturated carbocycles. The first-order valence-electron chi connectivity index (χ1n) is 11.0. The van der Waals surface area contributed by atoms with E-state index in [1.165, 1.54) is 16.7 Å². The lowest BCUT2D eigenvalue weighted by Gasteiger charge is -2.43. The summed E-state index contributed by atoms with van der Waals surface area (Å²) < 4.78 is 0. The molecule has 0 amide bonds. The van der Waals surface area contributed by atoms with Gasteiger partial charge in [0, 0.05) is 44.0 Å². The Kier molecular flexibility index (Phi) is 6.20. The molecule has 1 fully saturated rings. The number of anilines is 1. The molecule has 0 aliphatic carbocycles. The lowest BCUT2D eigenvalue weighted by Crippen LogP contribution is -2.55. The normalized spacial score (nSPS) is 21.6. The number of hydrogen-bond donors (Lipinski definition) is 1. The summed E-state index contributed by atoms with van der Waals surface area (Å²) in [6, 6.07) is 21.4. The van der Waals surface area contributed by atoms with E-state index in [1.54, 1.807) is 18.1 Å². The molecule has 0 radical (unpaired) electrons. The zero-order valence-corrected chi connectivity index (χ0v) is 18.4. The van der Waals surface area contributed by atoms with E-state index < -0.39 is 0 Å². The summed E-state index contributed by atoms with van der Waals surface area (Å²) in [6.45, 7) is 3.47. The van der Waals surface area contributed by atoms with Gasteiger partial charge < -0.3 is 10.0 Å². The second-order valence-corrected chi connectivity index (χ2v) is 9.34. The lowest BCUT2D eigenvalue weighted by molar-refractivity contribution is 0.0293. The molecule has 1 N–H and O–H groups in total. The van der Waals surface area contributed by atoms with Gasteiger partial charge in [-0.25, -0.2) is 9.97 Å². The number of thioether (sulfide) groups is 1. The van der Waals surface area contributed by atoms with Gasteiger partial charge in [-0.2, -0.15) is 0 Å². The van der Waals surface area contributed by atoms with E-state index >= 15 is 0 Å². The van der Waals surface area contributed by atoms with Crippen LogP contribution in [0.2, 0.25) is 0 Å². The molecule has 160 valence electrons. The Hall–Kier alpha value is -2.41. The van der Waals surface area contributed by atoms with Crippen LogP contribution in [-0.4, -0.2) is 51.8 Å². The van der Waals surface area contributed by atoms with Crippen molar-refractivity contribution in [3.05, 3.63) is 83.7 Å². The molecule has 0 spiro atoms. The number of aliphatic hydroxyl groups is 1. The molecule has 2 aliphatic heterocycles. The second kappa shape index (κ2) is 9.39. The predicted molar refractivity (Wildman–Crippen MR) is 125 cm³/mol. The van der Waals surface area contributed by atoms with Crippen LogP contribution in [0.25, 0.3) is 0 Å². The van der Waals surface area contributed by atoms with Gasteiger partial charge in [-0.3, -0.25) is 4.90 Å². The third-order valence-corrected chi connectivity index (χ3v) is 7.35. The molecule has 3 aromatic rings. The molecule has 5 rings (SSSR count). The van der Waals surface area contributed by atoms with Crippen molar-refractivity contribution >= 4 is 17.6 Å². The standard InChI is InChI=1S/C25H28N4OS/c30-23-16-29(13-11-22(23)28-12-10-20-8-4-5-9-21(20)15-28)24-14-25(27-18-26-24)31-17-19-6-2-1-3-7-19/h1-9,14,18,22-23,30H,10-13,15-17H2/t22?,23-/m1/s1. The van der Waals surface area contributed by atoms with E-state index in [0.717, 1.165) is 49.1 Å². The van der Waals surface area contributed by atoms with E-state index in [0.29, 0.717) is 6.54 Å². The van der Waals surface area contributed by atoms with Gasteiger partial charge in [-0.15, -0.1) is 11.8 Å². The first-order chi connectivity index (χ1) is 15.3. The quantitative estimate of drug-likeness (QED) is 0.489. The molecule has 2 atom stereocenters. The zero-order chi connectivity index (χ0) is 21.0. The van der Waals surface area contributed by atoms with Crippen LogP contribution in [0.3, 0.4) is 0 Å². The Morgan fingerprint density at radius 3 is 2.61 bits per heavy atom. The van der Waals surface area contributed by atoms with E-state index in [2.05, 4.69) is 74.4 Å². The number of β-amino-alcohol motifs (C(OH)–C–C–N with tert-alkyl or cyclic N) is 1. The molecular formula is C25H28N4OS. The molecule has 1 saturated heterocycles. The van der Waals surface area contributed by atoms with E-state index in [9.17, 15) is 5.11 Å². The summed E-state index contributed by atoms with van der Waals surface area (Å²) in [7, 11) is 0. The average Bonchev–Trinajstić information content (AvgIpc) is 2.83. The number of fused-ring (bicyclic) bond motifs is 1. The number of aromatic nitrogens is 2. The van der Waals surface area contributed by atoms with Gasteiger partial charge in [0.1, 0.15) is 17.2 Å². The summed E-state index contributed by atoms with van der Waals surface area (Å²) >= 11 is 1.72. The SMILES string of the molecule is O[C@@H]1CN(c2cc(SCc3ccccc3)ncn2)CCC1N1CCc2ccccc2C1. The predicted octanol–water partition coefficient (Wildman–Crippen LogP) is 3.77. The van der Waals surface area contributed by atoms with Crippen molar-refractivity contribution in [3.8, 4) is 0 Å². The maximum absolute atomic E-state index is 11.0. The summed E-state index contributed by atoms with van der Waals surface area (Å²) in [4.78, 5) is 13.6. The van der Waals surface area contributed by atoms with Crippen molar-refractivity contribution < 1.29 is 5.11 Å². The third-order valence-electron chi connectivity index (χ3n) is 6.36. The largest absolute Gasteiger partial charge is 0.390 e. The third kappa shape index (κ3) is 4.76. The maximum Gasteiger partial charge on any atom is 0.133 e.